The topological polar surface area (TPSA) is 446 Å². The lowest BCUT2D eigenvalue weighted by molar-refractivity contribution is 0.278. The Morgan fingerprint density at radius 1 is 0.653 bits per heavy atom. The zero-order valence-electron chi connectivity index (χ0n) is 37.5. The summed E-state index contributed by atoms with van der Waals surface area (Å²) in [6, 6.07) is 14.9. The molecule has 0 aliphatic heterocycles. The van der Waals surface area contributed by atoms with E-state index >= 15 is 0 Å². The van der Waals surface area contributed by atoms with Gasteiger partial charge in [0.25, 0.3) is 56.1 Å². The van der Waals surface area contributed by atoms with Gasteiger partial charge < -0.3 is 14.9 Å². The molecule has 6 aromatic carbocycles. The fourth-order valence-corrected chi connectivity index (χ4v) is 12.1. The van der Waals surface area contributed by atoms with Crippen LogP contribution in [0.1, 0.15) is 17.5 Å². The summed E-state index contributed by atoms with van der Waals surface area (Å²) in [7, 11) is -24.3. The van der Waals surface area contributed by atoms with Crippen LogP contribution >= 0.6 is 11.3 Å². The zero-order valence-corrected chi connectivity index (χ0v) is 42.4. The van der Waals surface area contributed by atoms with Gasteiger partial charge in [-0.25, -0.2) is 9.67 Å². The van der Waals surface area contributed by atoms with Crippen molar-refractivity contribution in [1.82, 2.24) is 14.8 Å². The van der Waals surface area contributed by atoms with Gasteiger partial charge in [-0.3, -0.25) is 32.7 Å². The van der Waals surface area contributed by atoms with E-state index in [9.17, 15) is 79.9 Å². The Labute approximate surface area is 425 Å². The lowest BCUT2D eigenvalue weighted by Gasteiger charge is -2.11. The lowest BCUT2D eigenvalue weighted by atomic mass is 10.1. The maximum Gasteiger partial charge on any atom is 0.298 e. The van der Waals surface area contributed by atoms with Crippen LogP contribution in [0.25, 0.3) is 37.4 Å². The molecule has 0 fully saturated rings. The molecule has 0 atom stereocenters. The Hall–Kier alpha value is -7.35. The van der Waals surface area contributed by atoms with Gasteiger partial charge in [-0.2, -0.15) is 42.1 Å². The molecule has 75 heavy (non-hydrogen) atoms. The highest BCUT2D eigenvalue weighted by molar-refractivity contribution is 7.87. The Morgan fingerprint density at radius 2 is 1.29 bits per heavy atom. The second-order valence-corrected chi connectivity index (χ2v) is 23.8. The molecule has 0 bridgehead atoms. The quantitative estimate of drug-likeness (QED) is 0.0249. The fourth-order valence-electron chi connectivity index (χ4n) is 7.34. The molecular weight excluding hydrogens is 1110 g/mol. The standard InChI is InChI=1S/C41H33N9O19S6/c1-20-13-32(34(69-11-2-12-71(54,55)56)17-31(20)46-49-41-43-29-8-3-21(19-51)38(37(29)70-41)74(63,64)65)47-44-28-9-7-27-26(36(28)52)6-10-30(39(27)75(66,67)68)45-48-33-18-42-50(40(33)53)23-4-5-25-22(14-23)15-24(72(57,58)59)16-35(25)73(60,61)62/h3-10,13-18,42,51-52H,2,11-12,19H2,1H3,(H,54,55,56)(H,57,58,59)(H,60,61,62)(H,63,64,65)(H,66,67,68). The molecular formula is C41H33N9O19S6. The van der Waals surface area contributed by atoms with E-state index in [-0.39, 0.29) is 84.0 Å². The molecule has 0 saturated heterocycles. The van der Waals surface area contributed by atoms with Gasteiger partial charge in [-0.1, -0.05) is 29.5 Å². The van der Waals surface area contributed by atoms with Crippen molar-refractivity contribution in [3.63, 3.8) is 0 Å². The Morgan fingerprint density at radius 3 is 1.96 bits per heavy atom. The van der Waals surface area contributed by atoms with Crippen LogP contribution < -0.4 is 10.3 Å². The first kappa shape index (κ1) is 53.9. The summed E-state index contributed by atoms with van der Waals surface area (Å²) in [5.41, 5.74) is -1.65. The minimum absolute atomic E-state index is 0.00251. The number of nitrogens with one attached hydrogen (secondary N) is 1. The number of azo groups is 3. The second kappa shape index (κ2) is 20.1. The van der Waals surface area contributed by atoms with Crippen molar-refractivity contribution in [2.75, 3.05) is 12.4 Å². The van der Waals surface area contributed by atoms with Crippen molar-refractivity contribution in [2.45, 2.75) is 39.5 Å². The van der Waals surface area contributed by atoms with E-state index < -0.39 is 105 Å². The number of nitrogens with zero attached hydrogens (tertiary/aromatic N) is 8. The minimum Gasteiger partial charge on any atom is -0.505 e. The van der Waals surface area contributed by atoms with E-state index in [0.29, 0.717) is 11.6 Å². The van der Waals surface area contributed by atoms with Crippen molar-refractivity contribution >= 4 is 127 Å². The molecule has 8 rings (SSSR count). The molecule has 0 amide bonds. The van der Waals surface area contributed by atoms with Crippen LogP contribution in [0.2, 0.25) is 0 Å². The van der Waals surface area contributed by atoms with Gasteiger partial charge in [0.05, 0.1) is 51.7 Å². The zero-order chi connectivity index (χ0) is 54.6. The van der Waals surface area contributed by atoms with Crippen LogP contribution in [-0.4, -0.2) is 102 Å². The predicted octanol–water partition coefficient (Wildman–Crippen LogP) is 7.48. The summed E-state index contributed by atoms with van der Waals surface area (Å²) in [4.78, 5) is 14.5. The summed E-state index contributed by atoms with van der Waals surface area (Å²) < 4.78 is 176. The third-order valence-electron chi connectivity index (χ3n) is 10.7. The van der Waals surface area contributed by atoms with Crippen molar-refractivity contribution in [3.05, 3.63) is 107 Å². The summed E-state index contributed by atoms with van der Waals surface area (Å²) in [6.07, 6.45) is 0.844. The molecule has 0 aliphatic rings. The Kier molecular flexibility index (Phi) is 14.4. The molecule has 28 nitrogen and oxygen atoms in total. The number of H-pyrrole nitrogens is 1. The highest BCUT2D eigenvalue weighted by atomic mass is 32.2. The normalized spacial score (nSPS) is 13.2. The minimum atomic E-state index is -5.19. The maximum atomic E-state index is 13.4. The molecule has 2 aromatic heterocycles. The molecule has 2 heterocycles. The molecule has 8 aromatic rings. The van der Waals surface area contributed by atoms with Crippen molar-refractivity contribution < 1.29 is 79.8 Å². The highest BCUT2D eigenvalue weighted by Crippen LogP contribution is 2.44. The van der Waals surface area contributed by atoms with Crippen LogP contribution in [0.5, 0.6) is 11.5 Å². The third kappa shape index (κ3) is 11.6. The van der Waals surface area contributed by atoms with Gasteiger partial charge in [-0.15, -0.1) is 30.7 Å². The van der Waals surface area contributed by atoms with Crippen LogP contribution in [0.4, 0.5) is 33.6 Å². The Bertz CT molecular complexity index is 4440. The van der Waals surface area contributed by atoms with Crippen LogP contribution in [0, 0.1) is 6.92 Å². The van der Waals surface area contributed by atoms with Crippen molar-refractivity contribution in [1.29, 1.82) is 0 Å². The number of fused-ring (bicyclic) bond motifs is 3. The molecule has 34 heteroatoms. The van der Waals surface area contributed by atoms with Crippen molar-refractivity contribution in [2.24, 2.45) is 30.7 Å². The number of aromatic hydroxyl groups is 1. The molecule has 0 saturated carbocycles. The molecule has 0 spiro atoms. The second-order valence-electron chi connectivity index (χ2n) is 15.7. The number of rotatable bonds is 17. The van der Waals surface area contributed by atoms with Gasteiger partial charge in [0.15, 0.2) is 11.4 Å². The van der Waals surface area contributed by atoms with E-state index in [2.05, 4.69) is 40.8 Å². The van der Waals surface area contributed by atoms with Gasteiger partial charge in [-0.05, 0) is 78.9 Å². The molecule has 0 unspecified atom stereocenters. The maximum absolute atomic E-state index is 13.4. The van der Waals surface area contributed by atoms with Crippen LogP contribution in [0.3, 0.4) is 0 Å². The lowest BCUT2D eigenvalue weighted by Crippen LogP contribution is -2.14. The third-order valence-corrected chi connectivity index (χ3v) is 16.2. The summed E-state index contributed by atoms with van der Waals surface area (Å²) in [6.45, 7) is 0.585. The van der Waals surface area contributed by atoms with Crippen LogP contribution in [0.15, 0.2) is 140 Å². The number of aryl methyl sites for hydroxylation is 1. The van der Waals surface area contributed by atoms with Gasteiger partial charge in [0.2, 0.25) is 5.13 Å². The highest BCUT2D eigenvalue weighted by Gasteiger charge is 2.25. The van der Waals surface area contributed by atoms with E-state index in [1.165, 1.54) is 36.4 Å². The van der Waals surface area contributed by atoms with Gasteiger partial charge >= 0.3 is 0 Å². The SMILES string of the molecule is Cc1cc(N=Nc2ccc3c(S(=O)(=O)O)c(N=Nc4c[nH]n(-c5ccc6c(S(=O)(=O)O)cc(S(=O)(=O)O)cc6c5)c4=O)ccc3c2O)c(OCCCS(=O)(=O)O)cc1N=Nc1nc2ccc(CO)c(S(=O)(=O)O)c2s1. The Balaban J connectivity index is 1.11. The number of hydrogen-bond donors (Lipinski definition) is 8. The number of benzene rings is 6. The number of hydrogen-bond acceptors (Lipinski definition) is 22. The molecule has 0 aliphatic carbocycles. The van der Waals surface area contributed by atoms with E-state index in [1.807, 2.05) is 0 Å². The first-order valence-electron chi connectivity index (χ1n) is 20.6. The number of phenolic OH excluding ortho intramolecular Hbond substituents is 1. The monoisotopic (exact) mass is 1150 g/mol. The van der Waals surface area contributed by atoms with Gasteiger partial charge in [0, 0.05) is 27.8 Å². The van der Waals surface area contributed by atoms with Crippen molar-refractivity contribution in [3.8, 4) is 17.2 Å². The first-order chi connectivity index (χ1) is 35.0. The van der Waals surface area contributed by atoms with Gasteiger partial charge in [0.1, 0.15) is 37.5 Å². The largest absolute Gasteiger partial charge is 0.505 e. The predicted molar refractivity (Wildman–Crippen MR) is 265 cm³/mol. The number of phenols is 1. The number of aromatic amines is 1. The first-order valence-corrected chi connectivity index (χ1v) is 28.8. The van der Waals surface area contributed by atoms with Crippen LogP contribution in [-0.2, 0) is 57.2 Å². The number of aliphatic hydroxyl groups excluding tert-OH is 1. The summed E-state index contributed by atoms with van der Waals surface area (Å²) in [5, 5.41) is 46.9. The average molecular weight is 1150 g/mol. The average Bonchev–Trinajstić information content (AvgIpc) is 3.91. The number of ether oxygens (including phenoxy) is 1. The molecule has 0 radical (unpaired) electrons. The smallest absolute Gasteiger partial charge is 0.298 e. The summed E-state index contributed by atoms with van der Waals surface area (Å²) >= 11 is 0.750. The van der Waals surface area contributed by atoms with E-state index in [1.54, 1.807) is 6.92 Å². The fraction of sp³-hybridized carbons (Fsp3) is 0.122. The number of thiazole rings is 1. The number of aromatic nitrogens is 3. The number of aliphatic hydroxyl groups is 1. The van der Waals surface area contributed by atoms with E-state index in [4.69, 9.17) is 4.74 Å². The molecule has 8 N–H and O–H groups in total. The molecule has 392 valence electrons. The summed E-state index contributed by atoms with van der Waals surface area (Å²) in [5.74, 6) is -1.39. The van der Waals surface area contributed by atoms with E-state index in [0.717, 1.165) is 58.6 Å².